The fourth-order valence-corrected chi connectivity index (χ4v) is 2.99. The van der Waals surface area contributed by atoms with Crippen LogP contribution in [0.15, 0.2) is 0 Å². The lowest BCUT2D eigenvalue weighted by atomic mass is 9.75. The van der Waals surface area contributed by atoms with Gasteiger partial charge in [-0.15, -0.1) is 0 Å². The lowest BCUT2D eigenvalue weighted by Crippen LogP contribution is -2.47. The largest absolute Gasteiger partial charge is 0.314 e. The van der Waals surface area contributed by atoms with E-state index in [1.807, 2.05) is 6.92 Å². The highest BCUT2D eigenvalue weighted by molar-refractivity contribution is 5.03. The minimum Gasteiger partial charge on any atom is -0.314 e. The Balaban J connectivity index is 2.46. The molecule has 1 heterocycles. The molecule has 1 aliphatic heterocycles. The molecular weight excluding hydrogens is 222 g/mol. The minimum absolute atomic E-state index is 0.403. The molecular formula is C15H29N3. The molecule has 3 heteroatoms. The van der Waals surface area contributed by atoms with Gasteiger partial charge in [0.2, 0.25) is 0 Å². The molecule has 1 aliphatic rings. The first-order valence-electron chi connectivity index (χ1n) is 7.10. The zero-order chi connectivity index (χ0) is 14.0. The molecule has 0 aromatic rings. The SMILES string of the molecule is CC(CC(C)(N)C#N)N1CCC(C(C)(C)C)CC1. The molecule has 0 aromatic heterocycles. The Hall–Kier alpha value is -0.590. The standard InChI is InChI=1S/C15H29N3/c1-12(10-15(5,17)11-16)18-8-6-13(7-9-18)14(2,3)4/h12-13H,6-10,17H2,1-5H3. The lowest BCUT2D eigenvalue weighted by molar-refractivity contribution is 0.0806. The van der Waals surface area contributed by atoms with Gasteiger partial charge in [-0.05, 0) is 57.5 Å². The van der Waals surface area contributed by atoms with Gasteiger partial charge in [0.25, 0.3) is 0 Å². The monoisotopic (exact) mass is 251 g/mol. The average Bonchev–Trinajstić information content (AvgIpc) is 2.27. The molecule has 0 aromatic carbocycles. The van der Waals surface area contributed by atoms with E-state index < -0.39 is 5.54 Å². The fraction of sp³-hybridized carbons (Fsp3) is 0.933. The van der Waals surface area contributed by atoms with Crippen LogP contribution in [-0.2, 0) is 0 Å². The van der Waals surface area contributed by atoms with Crippen LogP contribution in [0.1, 0.15) is 53.9 Å². The molecule has 0 radical (unpaired) electrons. The third-order valence-corrected chi connectivity index (χ3v) is 4.35. The van der Waals surface area contributed by atoms with Crippen molar-refractivity contribution >= 4 is 0 Å². The molecule has 0 spiro atoms. The summed E-state index contributed by atoms with van der Waals surface area (Å²) in [6, 6.07) is 2.60. The van der Waals surface area contributed by atoms with E-state index in [1.165, 1.54) is 12.8 Å². The summed E-state index contributed by atoms with van der Waals surface area (Å²) in [6.45, 7) is 13.3. The molecule has 0 bridgehead atoms. The Morgan fingerprint density at radius 1 is 1.28 bits per heavy atom. The van der Waals surface area contributed by atoms with Crippen LogP contribution >= 0.6 is 0 Å². The van der Waals surface area contributed by atoms with E-state index in [0.29, 0.717) is 11.5 Å². The van der Waals surface area contributed by atoms with Crippen molar-refractivity contribution in [3.05, 3.63) is 0 Å². The molecule has 1 saturated heterocycles. The topological polar surface area (TPSA) is 53.1 Å². The van der Waals surface area contributed by atoms with Gasteiger partial charge in [-0.25, -0.2) is 0 Å². The molecule has 3 nitrogen and oxygen atoms in total. The molecule has 1 fully saturated rings. The quantitative estimate of drug-likeness (QED) is 0.839. The normalized spacial score (nSPS) is 24.3. The van der Waals surface area contributed by atoms with Crippen molar-refractivity contribution in [1.82, 2.24) is 4.90 Å². The number of hydrogen-bond acceptors (Lipinski definition) is 3. The predicted octanol–water partition coefficient (Wildman–Crippen LogP) is 2.76. The first kappa shape index (κ1) is 15.5. The Kier molecular flexibility index (Phi) is 4.80. The summed E-state index contributed by atoms with van der Waals surface area (Å²) < 4.78 is 0. The second-order valence-electron chi connectivity index (χ2n) is 7.26. The van der Waals surface area contributed by atoms with Crippen molar-refractivity contribution in [2.24, 2.45) is 17.1 Å². The van der Waals surface area contributed by atoms with Crippen molar-refractivity contribution in [3.8, 4) is 6.07 Å². The van der Waals surface area contributed by atoms with Gasteiger partial charge in [-0.3, -0.25) is 0 Å². The highest BCUT2D eigenvalue weighted by Gasteiger charge is 2.32. The van der Waals surface area contributed by atoms with E-state index in [4.69, 9.17) is 11.0 Å². The highest BCUT2D eigenvalue weighted by Crippen LogP contribution is 2.35. The first-order chi connectivity index (χ1) is 8.15. The van der Waals surface area contributed by atoms with Crippen LogP contribution in [0.3, 0.4) is 0 Å². The van der Waals surface area contributed by atoms with Crippen LogP contribution in [0, 0.1) is 22.7 Å². The molecule has 1 rings (SSSR count). The van der Waals surface area contributed by atoms with Gasteiger partial charge in [-0.1, -0.05) is 20.8 Å². The molecule has 2 N–H and O–H groups in total. The molecule has 0 saturated carbocycles. The van der Waals surface area contributed by atoms with Crippen LogP contribution < -0.4 is 5.73 Å². The average molecular weight is 251 g/mol. The number of nitrogens with zero attached hydrogens (tertiary/aromatic N) is 2. The van der Waals surface area contributed by atoms with Gasteiger partial charge >= 0.3 is 0 Å². The predicted molar refractivity (Wildman–Crippen MR) is 76.0 cm³/mol. The van der Waals surface area contributed by atoms with E-state index in [1.54, 1.807) is 0 Å². The summed E-state index contributed by atoms with van der Waals surface area (Å²) in [6.07, 6.45) is 3.28. The molecule has 104 valence electrons. The summed E-state index contributed by atoms with van der Waals surface area (Å²) in [7, 11) is 0. The van der Waals surface area contributed by atoms with Crippen LogP contribution in [0.4, 0.5) is 0 Å². The van der Waals surface area contributed by atoms with Gasteiger partial charge in [0.05, 0.1) is 6.07 Å². The van der Waals surface area contributed by atoms with Crippen molar-refractivity contribution in [3.63, 3.8) is 0 Å². The Bertz CT molecular complexity index is 301. The zero-order valence-corrected chi connectivity index (χ0v) is 12.7. The molecule has 2 unspecified atom stereocenters. The third kappa shape index (κ3) is 4.26. The maximum absolute atomic E-state index is 9.00. The van der Waals surface area contributed by atoms with Crippen LogP contribution in [-0.4, -0.2) is 29.6 Å². The smallest absolute Gasteiger partial charge is 0.102 e. The van der Waals surface area contributed by atoms with Gasteiger partial charge in [0.1, 0.15) is 5.54 Å². The van der Waals surface area contributed by atoms with Crippen LogP contribution in [0.25, 0.3) is 0 Å². The van der Waals surface area contributed by atoms with Gasteiger partial charge in [0, 0.05) is 6.04 Å². The fourth-order valence-electron chi connectivity index (χ4n) is 2.99. The number of nitriles is 1. The van der Waals surface area contributed by atoms with E-state index in [-0.39, 0.29) is 0 Å². The van der Waals surface area contributed by atoms with E-state index in [2.05, 4.69) is 38.7 Å². The number of likely N-dealkylation sites (tertiary alicyclic amines) is 1. The van der Waals surface area contributed by atoms with Crippen LogP contribution in [0.2, 0.25) is 0 Å². The summed E-state index contributed by atoms with van der Waals surface area (Å²) in [5.41, 5.74) is 5.66. The van der Waals surface area contributed by atoms with Crippen molar-refractivity contribution in [1.29, 1.82) is 5.26 Å². The summed E-state index contributed by atoms with van der Waals surface area (Å²) in [5, 5.41) is 9.00. The number of rotatable bonds is 3. The maximum atomic E-state index is 9.00. The molecule has 2 atom stereocenters. The van der Waals surface area contributed by atoms with Gasteiger partial charge in [-0.2, -0.15) is 5.26 Å². The Labute approximate surface area is 112 Å². The summed E-state index contributed by atoms with van der Waals surface area (Å²) in [5.74, 6) is 0.821. The Morgan fingerprint density at radius 3 is 2.17 bits per heavy atom. The second kappa shape index (κ2) is 5.59. The molecule has 0 aliphatic carbocycles. The molecule has 18 heavy (non-hydrogen) atoms. The van der Waals surface area contributed by atoms with E-state index >= 15 is 0 Å². The van der Waals surface area contributed by atoms with Gasteiger partial charge < -0.3 is 10.6 Å². The number of piperidine rings is 1. The minimum atomic E-state index is -0.694. The molecule has 0 amide bonds. The van der Waals surface area contributed by atoms with Crippen molar-refractivity contribution in [2.45, 2.75) is 65.5 Å². The third-order valence-electron chi connectivity index (χ3n) is 4.35. The first-order valence-corrected chi connectivity index (χ1v) is 7.10. The van der Waals surface area contributed by atoms with E-state index in [9.17, 15) is 0 Å². The summed E-state index contributed by atoms with van der Waals surface area (Å²) in [4.78, 5) is 2.49. The zero-order valence-electron chi connectivity index (χ0n) is 12.7. The van der Waals surface area contributed by atoms with Crippen molar-refractivity contribution in [2.75, 3.05) is 13.1 Å². The number of nitrogens with two attached hydrogens (primary N) is 1. The van der Waals surface area contributed by atoms with Gasteiger partial charge in [0.15, 0.2) is 0 Å². The Morgan fingerprint density at radius 2 is 1.78 bits per heavy atom. The maximum Gasteiger partial charge on any atom is 0.102 e. The van der Waals surface area contributed by atoms with E-state index in [0.717, 1.165) is 25.4 Å². The number of hydrogen-bond donors (Lipinski definition) is 1. The van der Waals surface area contributed by atoms with Crippen LogP contribution in [0.5, 0.6) is 0 Å². The highest BCUT2D eigenvalue weighted by atomic mass is 15.2. The second-order valence-corrected chi connectivity index (χ2v) is 7.26. The summed E-state index contributed by atoms with van der Waals surface area (Å²) >= 11 is 0. The lowest BCUT2D eigenvalue weighted by Gasteiger charge is -2.42. The van der Waals surface area contributed by atoms with Crippen molar-refractivity contribution < 1.29 is 0 Å².